The van der Waals surface area contributed by atoms with Crippen molar-refractivity contribution in [1.82, 2.24) is 5.32 Å². The summed E-state index contributed by atoms with van der Waals surface area (Å²) in [4.78, 5) is 0. The molecule has 96 valence electrons. The second-order valence-electron chi connectivity index (χ2n) is 5.16. The van der Waals surface area contributed by atoms with Gasteiger partial charge in [-0.1, -0.05) is 62.7 Å². The van der Waals surface area contributed by atoms with Crippen LogP contribution in [-0.2, 0) is 0 Å². The Morgan fingerprint density at radius 1 is 1.06 bits per heavy atom. The molecule has 1 nitrogen and oxygen atoms in total. The maximum absolute atomic E-state index is 3.48. The molecule has 0 aliphatic heterocycles. The van der Waals surface area contributed by atoms with E-state index in [1.165, 1.54) is 29.2 Å². The normalized spacial score (nSPS) is 14.6. The molecule has 0 aliphatic rings. The predicted octanol–water partition coefficient (Wildman–Crippen LogP) is 4.54. The first-order valence-corrected chi connectivity index (χ1v) is 6.91. The highest BCUT2D eigenvalue weighted by molar-refractivity contribution is 5.86. The molecule has 2 rings (SSSR count). The zero-order chi connectivity index (χ0) is 13.0. The Kier molecular flexibility index (Phi) is 4.38. The van der Waals surface area contributed by atoms with Gasteiger partial charge in [0.15, 0.2) is 0 Å². The Morgan fingerprint density at radius 3 is 2.50 bits per heavy atom. The zero-order valence-electron chi connectivity index (χ0n) is 11.6. The minimum Gasteiger partial charge on any atom is -0.313 e. The highest BCUT2D eigenvalue weighted by Gasteiger charge is 2.14. The van der Waals surface area contributed by atoms with E-state index in [4.69, 9.17) is 0 Å². The van der Waals surface area contributed by atoms with Gasteiger partial charge in [0.1, 0.15) is 0 Å². The van der Waals surface area contributed by atoms with E-state index in [0.29, 0.717) is 6.04 Å². The number of hydrogen-bond acceptors (Lipinski definition) is 1. The number of hydrogen-bond donors (Lipinski definition) is 1. The van der Waals surface area contributed by atoms with E-state index in [1.807, 2.05) is 0 Å². The molecule has 2 aromatic carbocycles. The predicted molar refractivity (Wildman–Crippen MR) is 79.8 cm³/mol. The van der Waals surface area contributed by atoms with Gasteiger partial charge in [-0.2, -0.15) is 0 Å². The lowest BCUT2D eigenvalue weighted by Crippen LogP contribution is -2.19. The van der Waals surface area contributed by atoms with E-state index in [2.05, 4.69) is 68.7 Å². The largest absolute Gasteiger partial charge is 0.313 e. The van der Waals surface area contributed by atoms with Crippen LogP contribution < -0.4 is 5.32 Å². The van der Waals surface area contributed by atoms with Gasteiger partial charge in [-0.05, 0) is 35.7 Å². The molecule has 0 saturated heterocycles. The molecule has 0 bridgehead atoms. The molecule has 0 spiro atoms. The average Bonchev–Trinajstić information content (AvgIpc) is 2.44. The number of fused-ring (bicyclic) bond motifs is 1. The van der Waals surface area contributed by atoms with Crippen LogP contribution in [0.3, 0.4) is 0 Å². The third-order valence-electron chi connectivity index (χ3n) is 3.88. The minimum atomic E-state index is 0.450. The SMILES string of the molecule is CCC(C)CC(NC)c1cccc2ccccc12. The molecule has 1 heteroatoms. The molecule has 2 unspecified atom stereocenters. The van der Waals surface area contributed by atoms with Crippen LogP contribution in [0.4, 0.5) is 0 Å². The summed E-state index contributed by atoms with van der Waals surface area (Å²) in [5.74, 6) is 0.751. The fraction of sp³-hybridized carbons (Fsp3) is 0.412. The lowest BCUT2D eigenvalue weighted by molar-refractivity contribution is 0.423. The summed E-state index contributed by atoms with van der Waals surface area (Å²) in [7, 11) is 2.06. The van der Waals surface area contributed by atoms with Gasteiger partial charge in [0.05, 0.1) is 0 Å². The molecule has 2 aromatic rings. The molecule has 1 N–H and O–H groups in total. The van der Waals surface area contributed by atoms with Crippen LogP contribution in [0.1, 0.15) is 38.3 Å². The lowest BCUT2D eigenvalue weighted by atomic mass is 9.91. The second kappa shape index (κ2) is 6.01. The van der Waals surface area contributed by atoms with E-state index in [-0.39, 0.29) is 0 Å². The van der Waals surface area contributed by atoms with Crippen molar-refractivity contribution in [2.24, 2.45) is 5.92 Å². The Morgan fingerprint density at radius 2 is 1.78 bits per heavy atom. The molecule has 0 saturated carbocycles. The van der Waals surface area contributed by atoms with Crippen LogP contribution in [0, 0.1) is 5.92 Å². The molecule has 0 aliphatic carbocycles. The molecule has 0 amide bonds. The molecular formula is C17H23N. The number of rotatable bonds is 5. The van der Waals surface area contributed by atoms with E-state index < -0.39 is 0 Å². The standard InChI is InChI=1S/C17H23N/c1-4-13(2)12-17(18-3)16-11-7-9-14-8-5-6-10-15(14)16/h5-11,13,17-18H,4,12H2,1-3H3. The summed E-state index contributed by atoms with van der Waals surface area (Å²) in [6.45, 7) is 4.59. The fourth-order valence-electron chi connectivity index (χ4n) is 2.52. The first-order chi connectivity index (χ1) is 8.76. The Bertz CT molecular complexity index is 498. The van der Waals surface area contributed by atoms with Crippen molar-refractivity contribution in [2.75, 3.05) is 7.05 Å². The van der Waals surface area contributed by atoms with Crippen molar-refractivity contribution < 1.29 is 0 Å². The van der Waals surface area contributed by atoms with E-state index in [9.17, 15) is 0 Å². The van der Waals surface area contributed by atoms with Gasteiger partial charge < -0.3 is 5.32 Å². The average molecular weight is 241 g/mol. The van der Waals surface area contributed by atoms with Crippen LogP contribution in [-0.4, -0.2) is 7.05 Å². The van der Waals surface area contributed by atoms with E-state index in [0.717, 1.165) is 5.92 Å². The number of nitrogens with one attached hydrogen (secondary N) is 1. The maximum atomic E-state index is 3.48. The Balaban J connectivity index is 2.38. The molecule has 18 heavy (non-hydrogen) atoms. The summed E-state index contributed by atoms with van der Waals surface area (Å²) in [6, 6.07) is 15.7. The maximum Gasteiger partial charge on any atom is 0.0326 e. The quantitative estimate of drug-likeness (QED) is 0.810. The third kappa shape index (κ3) is 2.73. The Labute approximate surface area is 110 Å². The third-order valence-corrected chi connectivity index (χ3v) is 3.88. The van der Waals surface area contributed by atoms with Crippen LogP contribution >= 0.6 is 0 Å². The van der Waals surface area contributed by atoms with Crippen LogP contribution in [0.2, 0.25) is 0 Å². The van der Waals surface area contributed by atoms with Crippen molar-refractivity contribution >= 4 is 10.8 Å². The summed E-state index contributed by atoms with van der Waals surface area (Å²) in [5.41, 5.74) is 1.43. The van der Waals surface area contributed by atoms with Crippen molar-refractivity contribution in [3.63, 3.8) is 0 Å². The topological polar surface area (TPSA) is 12.0 Å². The lowest BCUT2D eigenvalue weighted by Gasteiger charge is -2.21. The molecule has 0 fully saturated rings. The minimum absolute atomic E-state index is 0.450. The molecule has 2 atom stereocenters. The smallest absolute Gasteiger partial charge is 0.0326 e. The van der Waals surface area contributed by atoms with Crippen LogP contribution in [0.25, 0.3) is 10.8 Å². The van der Waals surface area contributed by atoms with Gasteiger partial charge in [-0.3, -0.25) is 0 Å². The van der Waals surface area contributed by atoms with Gasteiger partial charge in [-0.25, -0.2) is 0 Å². The van der Waals surface area contributed by atoms with Crippen molar-refractivity contribution in [3.05, 3.63) is 48.0 Å². The zero-order valence-corrected chi connectivity index (χ0v) is 11.6. The summed E-state index contributed by atoms with van der Waals surface area (Å²) in [6.07, 6.45) is 2.43. The first-order valence-electron chi connectivity index (χ1n) is 6.91. The molecular weight excluding hydrogens is 218 g/mol. The highest BCUT2D eigenvalue weighted by atomic mass is 14.9. The highest BCUT2D eigenvalue weighted by Crippen LogP contribution is 2.28. The molecule has 0 heterocycles. The van der Waals surface area contributed by atoms with Gasteiger partial charge in [0.25, 0.3) is 0 Å². The number of benzene rings is 2. The fourth-order valence-corrected chi connectivity index (χ4v) is 2.52. The summed E-state index contributed by atoms with van der Waals surface area (Å²) < 4.78 is 0. The monoisotopic (exact) mass is 241 g/mol. The molecule has 0 radical (unpaired) electrons. The molecule has 0 aromatic heterocycles. The van der Waals surface area contributed by atoms with Gasteiger partial charge in [0, 0.05) is 6.04 Å². The van der Waals surface area contributed by atoms with Crippen molar-refractivity contribution in [1.29, 1.82) is 0 Å². The second-order valence-corrected chi connectivity index (χ2v) is 5.16. The van der Waals surface area contributed by atoms with Crippen LogP contribution in [0.15, 0.2) is 42.5 Å². The van der Waals surface area contributed by atoms with E-state index in [1.54, 1.807) is 0 Å². The van der Waals surface area contributed by atoms with Crippen molar-refractivity contribution in [2.45, 2.75) is 32.7 Å². The summed E-state index contributed by atoms with van der Waals surface area (Å²) in [5, 5.41) is 6.19. The van der Waals surface area contributed by atoms with Gasteiger partial charge >= 0.3 is 0 Å². The Hall–Kier alpha value is -1.34. The van der Waals surface area contributed by atoms with Gasteiger partial charge in [-0.15, -0.1) is 0 Å². The van der Waals surface area contributed by atoms with Gasteiger partial charge in [0.2, 0.25) is 0 Å². The van der Waals surface area contributed by atoms with Crippen LogP contribution in [0.5, 0.6) is 0 Å². The van der Waals surface area contributed by atoms with E-state index >= 15 is 0 Å². The van der Waals surface area contributed by atoms with Crippen molar-refractivity contribution in [3.8, 4) is 0 Å². The summed E-state index contributed by atoms with van der Waals surface area (Å²) >= 11 is 0. The first kappa shape index (κ1) is 13.1.